The van der Waals surface area contributed by atoms with Crippen LogP contribution in [0.2, 0.25) is 5.02 Å². The summed E-state index contributed by atoms with van der Waals surface area (Å²) >= 11 is 5.79. The molecule has 0 unspecified atom stereocenters. The summed E-state index contributed by atoms with van der Waals surface area (Å²) in [5.74, 6) is -0.695. The van der Waals surface area contributed by atoms with Gasteiger partial charge in [-0.05, 0) is 29.8 Å². The Labute approximate surface area is 145 Å². The summed E-state index contributed by atoms with van der Waals surface area (Å²) in [5.41, 5.74) is -1.82. The first-order chi connectivity index (χ1) is 11.9. The fourth-order valence-corrected chi connectivity index (χ4v) is 2.35. The summed E-state index contributed by atoms with van der Waals surface area (Å²) in [6.45, 7) is 0.179. The van der Waals surface area contributed by atoms with Crippen LogP contribution >= 0.6 is 11.6 Å². The Balaban J connectivity index is 1.87. The van der Waals surface area contributed by atoms with Crippen molar-refractivity contribution in [1.29, 1.82) is 0 Å². The zero-order valence-corrected chi connectivity index (χ0v) is 13.7. The van der Waals surface area contributed by atoms with Crippen molar-refractivity contribution < 1.29 is 13.6 Å². The molecule has 0 spiro atoms. The fourth-order valence-electron chi connectivity index (χ4n) is 2.22. The Morgan fingerprint density at radius 1 is 1.08 bits per heavy atom. The largest absolute Gasteiger partial charge is 0.489 e. The maximum atomic E-state index is 14.3. The molecule has 25 heavy (non-hydrogen) atoms. The highest BCUT2D eigenvalue weighted by Gasteiger charge is 2.18. The summed E-state index contributed by atoms with van der Waals surface area (Å²) in [7, 11) is 1.06. The van der Waals surface area contributed by atoms with E-state index >= 15 is 0 Å². The molecule has 0 aliphatic heterocycles. The van der Waals surface area contributed by atoms with Crippen molar-refractivity contribution >= 4 is 11.6 Å². The summed E-state index contributed by atoms with van der Waals surface area (Å²) in [6, 6.07) is 10.5. The lowest BCUT2D eigenvalue weighted by atomic mass is 10.2. The van der Waals surface area contributed by atoms with E-state index in [2.05, 4.69) is 0 Å². The Bertz CT molecular complexity index is 1000. The van der Waals surface area contributed by atoms with Gasteiger partial charge in [-0.15, -0.1) is 0 Å². The van der Waals surface area contributed by atoms with Gasteiger partial charge in [0.1, 0.15) is 12.4 Å². The number of hydrogen-bond donors (Lipinski definition) is 0. The second-order valence-corrected chi connectivity index (χ2v) is 5.65. The molecular weight excluding hydrogens is 356 g/mol. The monoisotopic (exact) mass is 367 g/mol. The highest BCUT2D eigenvalue weighted by molar-refractivity contribution is 6.30. The number of ether oxygens (including phenoxy) is 1. The van der Waals surface area contributed by atoms with Crippen LogP contribution in [0.25, 0.3) is 5.69 Å². The number of halogens is 3. The minimum Gasteiger partial charge on any atom is -0.489 e. The van der Waals surface area contributed by atoms with Crippen molar-refractivity contribution in [3.63, 3.8) is 0 Å². The topological polar surface area (TPSA) is 58.2 Å². The summed E-state index contributed by atoms with van der Waals surface area (Å²) in [4.78, 5) is 23.2. The molecule has 3 rings (SSSR count). The van der Waals surface area contributed by atoms with Gasteiger partial charge in [0.15, 0.2) is 5.82 Å². The zero-order chi connectivity index (χ0) is 18.1. The van der Waals surface area contributed by atoms with Crippen LogP contribution < -0.4 is 16.1 Å². The van der Waals surface area contributed by atoms with Crippen molar-refractivity contribution in [3.05, 3.63) is 79.8 Å². The van der Waals surface area contributed by atoms with E-state index < -0.39 is 22.1 Å². The van der Waals surface area contributed by atoms with E-state index in [4.69, 9.17) is 16.3 Å². The van der Waals surface area contributed by atoms with Gasteiger partial charge in [-0.2, -0.15) is 0 Å². The second-order valence-electron chi connectivity index (χ2n) is 5.21. The van der Waals surface area contributed by atoms with Crippen LogP contribution in [0.15, 0.2) is 52.1 Å². The van der Waals surface area contributed by atoms with E-state index in [0.717, 1.165) is 18.7 Å². The quantitative estimate of drug-likeness (QED) is 0.711. The Hall–Kier alpha value is -2.87. The van der Waals surface area contributed by atoms with E-state index in [0.29, 0.717) is 14.3 Å². The van der Waals surface area contributed by atoms with Crippen molar-refractivity contribution in [2.45, 2.75) is 6.61 Å². The van der Waals surface area contributed by atoms with Crippen molar-refractivity contribution in [2.75, 3.05) is 0 Å². The van der Waals surface area contributed by atoms with E-state index in [1.54, 1.807) is 24.3 Å². The van der Waals surface area contributed by atoms with Gasteiger partial charge in [-0.25, -0.2) is 23.2 Å². The third-order valence-corrected chi connectivity index (χ3v) is 3.81. The molecule has 0 amide bonds. The lowest BCUT2D eigenvalue weighted by Gasteiger charge is -2.08. The molecule has 2 aromatic carbocycles. The molecule has 0 radical (unpaired) electrons. The number of rotatable bonds is 4. The number of hydrogen-bond acceptors (Lipinski definition) is 3. The normalized spacial score (nSPS) is 10.9. The Morgan fingerprint density at radius 3 is 2.32 bits per heavy atom. The first kappa shape index (κ1) is 17.0. The summed E-state index contributed by atoms with van der Waals surface area (Å²) in [6.07, 6.45) is 0. The van der Waals surface area contributed by atoms with Gasteiger partial charge in [0.05, 0.1) is 5.69 Å². The smallest absolute Gasteiger partial charge is 0.381 e. The van der Waals surface area contributed by atoms with Crippen LogP contribution in [-0.4, -0.2) is 14.2 Å². The number of nitrogens with zero attached hydrogens (tertiary/aromatic N) is 3. The number of benzene rings is 2. The molecule has 0 bridgehead atoms. The molecule has 1 heterocycles. The number of aromatic nitrogens is 3. The highest BCUT2D eigenvalue weighted by atomic mass is 35.5. The van der Waals surface area contributed by atoms with Gasteiger partial charge in [-0.1, -0.05) is 33.1 Å². The van der Waals surface area contributed by atoms with Gasteiger partial charge < -0.3 is 4.74 Å². The first-order valence-electron chi connectivity index (χ1n) is 7.13. The third-order valence-electron chi connectivity index (χ3n) is 3.56. The molecular formula is C16H12ClF2N3O3. The standard InChI is InChI=1S/C16H12ClF2N3O3/c1-20-15(23)21(16(24)22(20)19)14-7-6-12(8-13(14)18)25-9-10-2-4-11(17)5-3-10/h2-8H,9H2,1H3. The SMILES string of the molecule is Cn1c(=O)n(-c2ccc(OCc3ccc(Cl)cc3)cc2F)c(=O)n1F. The maximum absolute atomic E-state index is 14.3. The van der Waals surface area contributed by atoms with E-state index in [1.165, 1.54) is 12.1 Å². The van der Waals surface area contributed by atoms with E-state index in [9.17, 15) is 18.5 Å². The van der Waals surface area contributed by atoms with Gasteiger partial charge in [-0.3, -0.25) is 0 Å². The lowest BCUT2D eigenvalue weighted by molar-refractivity contribution is 0.250. The molecule has 0 aliphatic rings. The van der Waals surface area contributed by atoms with Crippen LogP contribution in [0.4, 0.5) is 8.87 Å². The molecule has 0 saturated carbocycles. The minimum atomic E-state index is -1.29. The molecule has 0 aliphatic carbocycles. The zero-order valence-electron chi connectivity index (χ0n) is 12.9. The molecule has 1 aromatic heterocycles. The average Bonchev–Trinajstić information content (AvgIpc) is 2.78. The van der Waals surface area contributed by atoms with Crippen LogP contribution in [0.5, 0.6) is 5.75 Å². The van der Waals surface area contributed by atoms with Gasteiger partial charge in [0.2, 0.25) is 0 Å². The van der Waals surface area contributed by atoms with Crippen LogP contribution in [-0.2, 0) is 13.7 Å². The highest BCUT2D eigenvalue weighted by Crippen LogP contribution is 2.20. The first-order valence-corrected chi connectivity index (χ1v) is 7.50. The molecule has 0 atom stereocenters. The average molecular weight is 368 g/mol. The molecule has 3 aromatic rings. The predicted octanol–water partition coefficient (Wildman–Crippen LogP) is 2.44. The third kappa shape index (κ3) is 3.20. The Morgan fingerprint density at radius 2 is 1.76 bits per heavy atom. The van der Waals surface area contributed by atoms with Gasteiger partial charge in [0.25, 0.3) is 0 Å². The Kier molecular flexibility index (Phi) is 4.45. The predicted molar refractivity (Wildman–Crippen MR) is 87.5 cm³/mol. The van der Waals surface area contributed by atoms with Crippen molar-refractivity contribution in [3.8, 4) is 11.4 Å². The fraction of sp³-hybridized carbons (Fsp3) is 0.125. The molecule has 6 nitrogen and oxygen atoms in total. The minimum absolute atomic E-state index is 0.179. The second kappa shape index (κ2) is 6.56. The summed E-state index contributed by atoms with van der Waals surface area (Å²) < 4.78 is 34.0. The van der Waals surface area contributed by atoms with Crippen molar-refractivity contribution in [2.24, 2.45) is 7.05 Å². The van der Waals surface area contributed by atoms with Gasteiger partial charge in [0, 0.05) is 18.1 Å². The van der Waals surface area contributed by atoms with Crippen LogP contribution in [0.3, 0.4) is 0 Å². The maximum Gasteiger partial charge on any atom is 0.381 e. The van der Waals surface area contributed by atoms with E-state index in [-0.39, 0.29) is 18.0 Å². The van der Waals surface area contributed by atoms with Crippen LogP contribution in [0.1, 0.15) is 5.56 Å². The molecule has 0 N–H and O–H groups in total. The molecule has 0 saturated heterocycles. The van der Waals surface area contributed by atoms with E-state index in [1.807, 2.05) is 0 Å². The molecule has 0 fully saturated rings. The lowest BCUT2D eigenvalue weighted by Crippen LogP contribution is -2.27. The van der Waals surface area contributed by atoms with Crippen LogP contribution in [0, 0.1) is 5.82 Å². The van der Waals surface area contributed by atoms with Gasteiger partial charge >= 0.3 is 11.4 Å². The molecule has 130 valence electrons. The molecule has 9 heteroatoms. The summed E-state index contributed by atoms with van der Waals surface area (Å²) in [5, 5.41) is 0.589. The van der Waals surface area contributed by atoms with Crippen molar-refractivity contribution in [1.82, 2.24) is 14.2 Å².